The number of furan rings is 1. The molecule has 2 heteroatoms. The zero-order valence-corrected chi connectivity index (χ0v) is 10.4. The summed E-state index contributed by atoms with van der Waals surface area (Å²) in [4.78, 5) is 0. The first-order valence-electron chi connectivity index (χ1n) is 6.06. The lowest BCUT2D eigenvalue weighted by Crippen LogP contribution is -1.82. The van der Waals surface area contributed by atoms with Crippen molar-refractivity contribution in [3.63, 3.8) is 0 Å². The van der Waals surface area contributed by atoms with Crippen LogP contribution >= 0.6 is 0 Å². The van der Waals surface area contributed by atoms with Gasteiger partial charge in [-0.05, 0) is 42.8 Å². The van der Waals surface area contributed by atoms with E-state index in [1.807, 2.05) is 30.3 Å². The van der Waals surface area contributed by atoms with E-state index in [1.165, 1.54) is 12.8 Å². The predicted molar refractivity (Wildman–Crippen MR) is 69.3 cm³/mol. The van der Waals surface area contributed by atoms with Gasteiger partial charge >= 0.3 is 0 Å². The van der Waals surface area contributed by atoms with Crippen LogP contribution in [-0.4, -0.2) is 7.11 Å². The topological polar surface area (TPSA) is 22.4 Å². The first-order valence-corrected chi connectivity index (χ1v) is 6.06. The Balaban J connectivity index is 2.12. The molecule has 0 aliphatic heterocycles. The second-order valence-electron chi connectivity index (χ2n) is 4.10. The monoisotopic (exact) mass is 230 g/mol. The number of rotatable bonds is 5. The summed E-state index contributed by atoms with van der Waals surface area (Å²) >= 11 is 0. The predicted octanol–water partition coefficient (Wildman–Crippen LogP) is 4.30. The summed E-state index contributed by atoms with van der Waals surface area (Å²) in [5.74, 6) is 2.86. The molecule has 0 saturated heterocycles. The van der Waals surface area contributed by atoms with Crippen LogP contribution in [0.5, 0.6) is 5.75 Å². The first-order chi connectivity index (χ1) is 8.33. The Morgan fingerprint density at radius 3 is 2.47 bits per heavy atom. The Bertz CT molecular complexity index is 454. The van der Waals surface area contributed by atoms with Crippen LogP contribution in [0.2, 0.25) is 0 Å². The van der Waals surface area contributed by atoms with Gasteiger partial charge in [0, 0.05) is 12.0 Å². The van der Waals surface area contributed by atoms with Gasteiger partial charge in [-0.3, -0.25) is 0 Å². The Morgan fingerprint density at radius 2 is 1.82 bits per heavy atom. The highest BCUT2D eigenvalue weighted by Gasteiger charge is 2.04. The molecule has 0 bridgehead atoms. The van der Waals surface area contributed by atoms with Crippen LogP contribution < -0.4 is 4.74 Å². The molecule has 1 aromatic heterocycles. The number of aryl methyl sites for hydroxylation is 1. The molecule has 1 heterocycles. The number of ether oxygens (including phenoxy) is 1. The van der Waals surface area contributed by atoms with Crippen molar-refractivity contribution in [2.75, 3.05) is 7.11 Å². The first kappa shape index (κ1) is 11.8. The normalized spacial score (nSPS) is 10.5. The van der Waals surface area contributed by atoms with E-state index in [9.17, 15) is 0 Å². The van der Waals surface area contributed by atoms with Crippen LogP contribution in [0.4, 0.5) is 0 Å². The number of hydrogen-bond acceptors (Lipinski definition) is 2. The van der Waals surface area contributed by atoms with Crippen molar-refractivity contribution < 1.29 is 9.15 Å². The molecule has 0 aliphatic carbocycles. The van der Waals surface area contributed by atoms with E-state index in [2.05, 4.69) is 13.0 Å². The molecule has 2 rings (SSSR count). The molecular formula is C15H18O2. The fourth-order valence-electron chi connectivity index (χ4n) is 1.77. The maximum Gasteiger partial charge on any atom is 0.134 e. The van der Waals surface area contributed by atoms with Crippen LogP contribution in [0.3, 0.4) is 0 Å². The van der Waals surface area contributed by atoms with Crippen molar-refractivity contribution in [2.24, 2.45) is 0 Å². The standard InChI is InChI=1S/C15H18O2/c1-3-4-5-14-10-11-15(17-14)12-6-8-13(16-2)9-7-12/h6-11H,3-5H2,1-2H3. The molecule has 1 aromatic carbocycles. The van der Waals surface area contributed by atoms with E-state index < -0.39 is 0 Å². The Morgan fingerprint density at radius 1 is 1.06 bits per heavy atom. The van der Waals surface area contributed by atoms with Gasteiger partial charge in [-0.2, -0.15) is 0 Å². The quantitative estimate of drug-likeness (QED) is 0.764. The Labute approximate surface area is 102 Å². The molecule has 0 spiro atoms. The maximum absolute atomic E-state index is 5.80. The van der Waals surface area contributed by atoms with Crippen molar-refractivity contribution in [1.29, 1.82) is 0 Å². The van der Waals surface area contributed by atoms with E-state index >= 15 is 0 Å². The summed E-state index contributed by atoms with van der Waals surface area (Å²) in [6, 6.07) is 12.0. The molecule has 17 heavy (non-hydrogen) atoms. The second kappa shape index (κ2) is 5.58. The van der Waals surface area contributed by atoms with Gasteiger partial charge in [-0.25, -0.2) is 0 Å². The highest BCUT2D eigenvalue weighted by Crippen LogP contribution is 2.25. The van der Waals surface area contributed by atoms with Gasteiger partial charge in [0.25, 0.3) is 0 Å². The summed E-state index contributed by atoms with van der Waals surface area (Å²) in [6.45, 7) is 2.19. The van der Waals surface area contributed by atoms with Crippen LogP contribution in [0.25, 0.3) is 11.3 Å². The summed E-state index contributed by atoms with van der Waals surface area (Å²) < 4.78 is 10.9. The Hall–Kier alpha value is -1.70. The number of benzene rings is 1. The van der Waals surface area contributed by atoms with Gasteiger partial charge in [-0.1, -0.05) is 13.3 Å². The average Bonchev–Trinajstić information content (AvgIpc) is 2.85. The smallest absolute Gasteiger partial charge is 0.134 e. The van der Waals surface area contributed by atoms with Gasteiger partial charge in [-0.15, -0.1) is 0 Å². The second-order valence-corrected chi connectivity index (χ2v) is 4.10. The zero-order chi connectivity index (χ0) is 12.1. The molecular weight excluding hydrogens is 212 g/mol. The third-order valence-corrected chi connectivity index (χ3v) is 2.81. The third kappa shape index (κ3) is 2.90. The number of unbranched alkanes of at least 4 members (excludes halogenated alkanes) is 1. The third-order valence-electron chi connectivity index (χ3n) is 2.81. The minimum Gasteiger partial charge on any atom is -0.497 e. The lowest BCUT2D eigenvalue weighted by atomic mass is 10.2. The van der Waals surface area contributed by atoms with Crippen LogP contribution in [0, 0.1) is 0 Å². The highest BCUT2D eigenvalue weighted by atomic mass is 16.5. The molecule has 0 saturated carbocycles. The van der Waals surface area contributed by atoms with Crippen LogP contribution in [-0.2, 0) is 6.42 Å². The van der Waals surface area contributed by atoms with Gasteiger partial charge in [0.1, 0.15) is 17.3 Å². The lowest BCUT2D eigenvalue weighted by Gasteiger charge is -2.00. The molecule has 0 aliphatic rings. The number of hydrogen-bond donors (Lipinski definition) is 0. The maximum atomic E-state index is 5.80. The van der Waals surface area contributed by atoms with Crippen molar-refractivity contribution in [3.05, 3.63) is 42.2 Å². The minimum absolute atomic E-state index is 0.867. The van der Waals surface area contributed by atoms with Gasteiger partial charge in [0.2, 0.25) is 0 Å². The highest BCUT2D eigenvalue weighted by molar-refractivity contribution is 5.58. The van der Waals surface area contributed by atoms with E-state index in [4.69, 9.17) is 9.15 Å². The molecule has 0 radical (unpaired) electrons. The minimum atomic E-state index is 0.867. The van der Waals surface area contributed by atoms with Crippen LogP contribution in [0.15, 0.2) is 40.8 Å². The van der Waals surface area contributed by atoms with E-state index in [0.717, 1.165) is 29.3 Å². The van der Waals surface area contributed by atoms with E-state index in [-0.39, 0.29) is 0 Å². The van der Waals surface area contributed by atoms with Gasteiger partial charge in [0.15, 0.2) is 0 Å². The molecule has 0 atom stereocenters. The summed E-state index contributed by atoms with van der Waals surface area (Å²) in [5.41, 5.74) is 1.09. The van der Waals surface area contributed by atoms with Gasteiger partial charge < -0.3 is 9.15 Å². The molecule has 90 valence electrons. The summed E-state index contributed by atoms with van der Waals surface area (Å²) in [5, 5.41) is 0. The largest absolute Gasteiger partial charge is 0.497 e. The van der Waals surface area contributed by atoms with Crippen molar-refractivity contribution in [3.8, 4) is 17.1 Å². The Kier molecular flexibility index (Phi) is 3.86. The molecule has 2 nitrogen and oxygen atoms in total. The molecule has 2 aromatic rings. The molecule has 0 N–H and O–H groups in total. The summed E-state index contributed by atoms with van der Waals surface area (Å²) in [6.07, 6.45) is 3.39. The van der Waals surface area contributed by atoms with Crippen molar-refractivity contribution in [1.82, 2.24) is 0 Å². The zero-order valence-electron chi connectivity index (χ0n) is 10.4. The number of methoxy groups -OCH3 is 1. The molecule has 0 amide bonds. The van der Waals surface area contributed by atoms with E-state index in [1.54, 1.807) is 7.11 Å². The van der Waals surface area contributed by atoms with E-state index in [0.29, 0.717) is 0 Å². The van der Waals surface area contributed by atoms with Gasteiger partial charge in [0.05, 0.1) is 7.11 Å². The molecule has 0 unspecified atom stereocenters. The SMILES string of the molecule is CCCCc1ccc(-c2ccc(OC)cc2)o1. The van der Waals surface area contributed by atoms with Crippen molar-refractivity contribution in [2.45, 2.75) is 26.2 Å². The van der Waals surface area contributed by atoms with Crippen molar-refractivity contribution >= 4 is 0 Å². The summed E-state index contributed by atoms with van der Waals surface area (Å²) in [7, 11) is 1.67. The van der Waals surface area contributed by atoms with Crippen LogP contribution in [0.1, 0.15) is 25.5 Å². The fraction of sp³-hybridized carbons (Fsp3) is 0.333. The lowest BCUT2D eigenvalue weighted by molar-refractivity contribution is 0.415. The molecule has 0 fully saturated rings. The fourth-order valence-corrected chi connectivity index (χ4v) is 1.77. The average molecular weight is 230 g/mol.